The molecule has 0 saturated carbocycles. The van der Waals surface area contributed by atoms with Crippen LogP contribution in [0.25, 0.3) is 0 Å². The lowest BCUT2D eigenvalue weighted by Gasteiger charge is -2.10. The van der Waals surface area contributed by atoms with E-state index in [9.17, 15) is 0 Å². The molecule has 0 atom stereocenters. The van der Waals surface area contributed by atoms with Gasteiger partial charge in [0.1, 0.15) is 17.2 Å². The second-order valence-corrected chi connectivity index (χ2v) is 6.27. The van der Waals surface area contributed by atoms with Gasteiger partial charge in [-0.1, -0.05) is 42.0 Å². The van der Waals surface area contributed by atoms with Crippen LogP contribution in [0.2, 0.25) is 0 Å². The summed E-state index contributed by atoms with van der Waals surface area (Å²) < 4.78 is 17.0. The highest BCUT2D eigenvalue weighted by atomic mass is 16.5. The zero-order valence-corrected chi connectivity index (χ0v) is 16.3. The summed E-state index contributed by atoms with van der Waals surface area (Å²) in [7, 11) is 1.63. The Bertz CT molecular complexity index is 961. The molecule has 0 aliphatic heterocycles. The quantitative estimate of drug-likeness (QED) is 0.298. The van der Waals surface area contributed by atoms with Crippen LogP contribution in [0.15, 0.2) is 95.7 Å². The third-order valence-corrected chi connectivity index (χ3v) is 3.97. The van der Waals surface area contributed by atoms with E-state index < -0.39 is 0 Å². The Morgan fingerprint density at radius 1 is 0.821 bits per heavy atom. The molecule has 142 valence electrons. The first-order valence-electron chi connectivity index (χ1n) is 9.00. The maximum Gasteiger partial charge on any atom is 0.225 e. The number of ether oxygens (including phenoxy) is 3. The average molecular weight is 373 g/mol. The SMILES string of the molecule is COc1cccc(O/C=C(\C)C(=Nc2ccc(C)cc2)Oc2ccccc2)c1. The van der Waals surface area contributed by atoms with Crippen LogP contribution in [0.4, 0.5) is 5.69 Å². The molecule has 0 fully saturated rings. The van der Waals surface area contributed by atoms with E-state index in [0.717, 1.165) is 17.0 Å². The van der Waals surface area contributed by atoms with Gasteiger partial charge >= 0.3 is 0 Å². The first-order valence-corrected chi connectivity index (χ1v) is 9.00. The molecule has 0 spiro atoms. The second-order valence-electron chi connectivity index (χ2n) is 6.27. The first kappa shape index (κ1) is 19.2. The maximum atomic E-state index is 6.02. The lowest BCUT2D eigenvalue weighted by molar-refractivity contribution is 0.408. The van der Waals surface area contributed by atoms with E-state index in [0.29, 0.717) is 17.4 Å². The number of hydrogen-bond acceptors (Lipinski definition) is 4. The molecule has 0 amide bonds. The molecule has 4 nitrogen and oxygen atoms in total. The van der Waals surface area contributed by atoms with Gasteiger partial charge in [0.05, 0.1) is 19.1 Å². The van der Waals surface area contributed by atoms with Crippen LogP contribution in [-0.4, -0.2) is 13.0 Å². The summed E-state index contributed by atoms with van der Waals surface area (Å²) in [6.07, 6.45) is 1.63. The third-order valence-electron chi connectivity index (χ3n) is 3.97. The smallest absolute Gasteiger partial charge is 0.225 e. The maximum absolute atomic E-state index is 6.02. The Kier molecular flexibility index (Phi) is 6.47. The van der Waals surface area contributed by atoms with Crippen LogP contribution in [0.5, 0.6) is 17.2 Å². The van der Waals surface area contributed by atoms with Crippen LogP contribution >= 0.6 is 0 Å². The molecule has 0 saturated heterocycles. The molecule has 0 aliphatic rings. The predicted octanol–water partition coefficient (Wildman–Crippen LogP) is 6.10. The number of para-hydroxylation sites is 1. The largest absolute Gasteiger partial charge is 0.497 e. The van der Waals surface area contributed by atoms with E-state index in [1.54, 1.807) is 13.4 Å². The molecule has 28 heavy (non-hydrogen) atoms. The van der Waals surface area contributed by atoms with Crippen molar-refractivity contribution in [2.45, 2.75) is 13.8 Å². The summed E-state index contributed by atoms with van der Waals surface area (Å²) in [4.78, 5) is 4.66. The topological polar surface area (TPSA) is 40.0 Å². The van der Waals surface area contributed by atoms with E-state index in [1.807, 2.05) is 92.7 Å². The third kappa shape index (κ3) is 5.48. The fourth-order valence-corrected chi connectivity index (χ4v) is 2.41. The Balaban J connectivity index is 1.86. The summed E-state index contributed by atoms with van der Waals surface area (Å²) >= 11 is 0. The highest BCUT2D eigenvalue weighted by Crippen LogP contribution is 2.21. The Labute approximate surface area is 165 Å². The van der Waals surface area contributed by atoms with Crippen LogP contribution < -0.4 is 14.2 Å². The van der Waals surface area contributed by atoms with Gasteiger partial charge in [-0.3, -0.25) is 0 Å². The number of aryl methyl sites for hydroxylation is 1. The monoisotopic (exact) mass is 373 g/mol. The van der Waals surface area contributed by atoms with Crippen LogP contribution in [0.3, 0.4) is 0 Å². The fourth-order valence-electron chi connectivity index (χ4n) is 2.41. The van der Waals surface area contributed by atoms with E-state index in [4.69, 9.17) is 14.2 Å². The summed E-state index contributed by atoms with van der Waals surface area (Å²) in [5.74, 6) is 2.59. The van der Waals surface area contributed by atoms with E-state index in [-0.39, 0.29) is 0 Å². The highest BCUT2D eigenvalue weighted by Gasteiger charge is 2.08. The van der Waals surface area contributed by atoms with Gasteiger partial charge in [-0.15, -0.1) is 0 Å². The molecule has 4 heteroatoms. The van der Waals surface area contributed by atoms with Gasteiger partial charge in [-0.25, -0.2) is 4.99 Å². The van der Waals surface area contributed by atoms with Crippen LogP contribution in [-0.2, 0) is 0 Å². The molecule has 3 aromatic carbocycles. The Hall–Kier alpha value is -3.53. The van der Waals surface area contributed by atoms with Crippen molar-refractivity contribution in [3.05, 3.63) is 96.3 Å². The average Bonchev–Trinajstić information content (AvgIpc) is 2.74. The van der Waals surface area contributed by atoms with Crippen molar-refractivity contribution < 1.29 is 14.2 Å². The molecule has 0 radical (unpaired) electrons. The number of nitrogens with zero attached hydrogens (tertiary/aromatic N) is 1. The van der Waals surface area contributed by atoms with Gasteiger partial charge < -0.3 is 14.2 Å². The lowest BCUT2D eigenvalue weighted by atomic mass is 10.2. The van der Waals surface area contributed by atoms with Gasteiger partial charge in [0.25, 0.3) is 0 Å². The number of rotatable bonds is 6. The van der Waals surface area contributed by atoms with Crippen molar-refractivity contribution >= 4 is 11.6 Å². The summed E-state index contributed by atoms with van der Waals surface area (Å²) in [5, 5.41) is 0. The van der Waals surface area contributed by atoms with Gasteiger partial charge in [0, 0.05) is 11.6 Å². The second kappa shape index (κ2) is 9.42. The predicted molar refractivity (Wildman–Crippen MR) is 113 cm³/mol. The minimum absolute atomic E-state index is 0.470. The van der Waals surface area contributed by atoms with E-state index >= 15 is 0 Å². The molecule has 3 rings (SSSR count). The van der Waals surface area contributed by atoms with Crippen molar-refractivity contribution in [2.75, 3.05) is 7.11 Å². The standard InChI is InChI=1S/C24H23NO3/c1-18-12-14-20(15-13-18)25-24(28-21-8-5-4-6-9-21)19(2)17-27-23-11-7-10-22(16-23)26-3/h4-17H,1-3H3/b19-17+,25-24?. The lowest BCUT2D eigenvalue weighted by Crippen LogP contribution is -2.10. The van der Waals surface area contributed by atoms with E-state index in [2.05, 4.69) is 4.99 Å². The minimum atomic E-state index is 0.470. The minimum Gasteiger partial charge on any atom is -0.497 e. The zero-order valence-electron chi connectivity index (χ0n) is 16.3. The molecule has 0 unspecified atom stereocenters. The number of methoxy groups -OCH3 is 1. The molecule has 0 N–H and O–H groups in total. The Morgan fingerprint density at radius 3 is 2.21 bits per heavy atom. The molecular formula is C24H23NO3. The Morgan fingerprint density at radius 2 is 1.50 bits per heavy atom. The molecule has 0 aromatic heterocycles. The number of benzene rings is 3. The normalized spacial score (nSPS) is 11.8. The van der Waals surface area contributed by atoms with Gasteiger partial charge in [0.15, 0.2) is 0 Å². The number of hydrogen-bond donors (Lipinski definition) is 0. The molecule has 0 aliphatic carbocycles. The van der Waals surface area contributed by atoms with Crippen molar-refractivity contribution in [1.82, 2.24) is 0 Å². The van der Waals surface area contributed by atoms with Gasteiger partial charge in [-0.05, 0) is 50.2 Å². The molecule has 0 heterocycles. The van der Waals surface area contributed by atoms with E-state index in [1.165, 1.54) is 5.56 Å². The van der Waals surface area contributed by atoms with Gasteiger partial charge in [0.2, 0.25) is 5.90 Å². The van der Waals surface area contributed by atoms with Gasteiger partial charge in [-0.2, -0.15) is 0 Å². The number of aliphatic imine (C=N–C) groups is 1. The van der Waals surface area contributed by atoms with Crippen molar-refractivity contribution in [3.63, 3.8) is 0 Å². The van der Waals surface area contributed by atoms with Crippen molar-refractivity contribution in [1.29, 1.82) is 0 Å². The zero-order chi connectivity index (χ0) is 19.8. The van der Waals surface area contributed by atoms with Crippen LogP contribution in [0.1, 0.15) is 12.5 Å². The van der Waals surface area contributed by atoms with Crippen molar-refractivity contribution in [3.8, 4) is 17.2 Å². The van der Waals surface area contributed by atoms with Crippen molar-refractivity contribution in [2.24, 2.45) is 4.99 Å². The van der Waals surface area contributed by atoms with Crippen LogP contribution in [0, 0.1) is 6.92 Å². The molecular weight excluding hydrogens is 350 g/mol. The summed E-state index contributed by atoms with van der Waals surface area (Å²) in [6, 6.07) is 24.9. The summed E-state index contributed by atoms with van der Waals surface area (Å²) in [5.41, 5.74) is 2.75. The molecule has 3 aromatic rings. The first-order chi connectivity index (χ1) is 13.6. The fraction of sp³-hybridized carbons (Fsp3) is 0.125. The highest BCUT2D eigenvalue weighted by molar-refractivity contribution is 5.96. The summed E-state index contributed by atoms with van der Waals surface area (Å²) in [6.45, 7) is 3.94. The molecule has 0 bridgehead atoms.